The number of unbranched alkanes of at least 4 members (excludes halogenated alkanes) is 2. The highest BCUT2D eigenvalue weighted by atomic mass is 19.4. The maximum Gasteiger partial charge on any atom is 0.401 e. The first kappa shape index (κ1) is 26.4. The van der Waals surface area contributed by atoms with Gasteiger partial charge in [-0.15, -0.1) is 0 Å². The fraction of sp³-hybridized carbons (Fsp3) is 0.783. The molecule has 1 fully saturated rings. The molecule has 0 heterocycles. The van der Waals surface area contributed by atoms with E-state index in [0.29, 0.717) is 44.9 Å². The van der Waals surface area contributed by atoms with Crippen LogP contribution in [0.1, 0.15) is 85.0 Å². The molecular formula is C23H35F3O4. The van der Waals surface area contributed by atoms with Gasteiger partial charge in [0, 0.05) is 25.2 Å². The topological polar surface area (TPSA) is 71.4 Å². The summed E-state index contributed by atoms with van der Waals surface area (Å²) in [5.41, 5.74) is -2.32. The number of aliphatic carboxylic acids is 1. The molecule has 1 aliphatic rings. The lowest BCUT2D eigenvalue weighted by atomic mass is 9.76. The van der Waals surface area contributed by atoms with Crippen LogP contribution in [0.4, 0.5) is 13.2 Å². The number of carboxylic acid groups (broad SMARTS) is 1. The molecule has 0 spiro atoms. The summed E-state index contributed by atoms with van der Waals surface area (Å²) in [4.78, 5) is 35.5. The van der Waals surface area contributed by atoms with Crippen LogP contribution < -0.4 is 0 Å². The molecule has 4 atom stereocenters. The van der Waals surface area contributed by atoms with Crippen LogP contribution in [0.25, 0.3) is 0 Å². The van der Waals surface area contributed by atoms with Gasteiger partial charge in [-0.3, -0.25) is 14.4 Å². The Morgan fingerprint density at radius 3 is 2.40 bits per heavy atom. The largest absolute Gasteiger partial charge is 0.481 e. The highest BCUT2D eigenvalue weighted by molar-refractivity contribution is 5.86. The highest BCUT2D eigenvalue weighted by Gasteiger charge is 2.55. The summed E-state index contributed by atoms with van der Waals surface area (Å²) in [6.07, 6.45) is 2.09. The van der Waals surface area contributed by atoms with Gasteiger partial charge in [0.25, 0.3) is 0 Å². The first-order valence-corrected chi connectivity index (χ1v) is 10.9. The van der Waals surface area contributed by atoms with Crippen molar-refractivity contribution < 1.29 is 32.7 Å². The standard InChI is InChI=1S/C23H35F3O4/c1-4-5-14-22(3,23(24,25)26)20(28)13-12-17-16(2)15-19(27)18(17)10-8-6-7-9-11-21(29)30/h6,8,16-18H,4-5,7,9-15H2,1-3H3,(H,29,30)/b8-6-/t16-,17+,18-,22-/m1/s1. The third kappa shape index (κ3) is 7.24. The molecule has 0 radical (unpaired) electrons. The molecule has 0 aromatic rings. The molecule has 0 saturated heterocycles. The lowest BCUT2D eigenvalue weighted by molar-refractivity contribution is -0.218. The smallest absolute Gasteiger partial charge is 0.401 e. The zero-order valence-electron chi connectivity index (χ0n) is 18.3. The number of ketones is 2. The Bertz CT molecular complexity index is 626. The number of hydrogen-bond donors (Lipinski definition) is 1. The fourth-order valence-corrected chi connectivity index (χ4v) is 4.32. The summed E-state index contributed by atoms with van der Waals surface area (Å²) >= 11 is 0. The molecule has 0 aromatic carbocycles. The van der Waals surface area contributed by atoms with Gasteiger partial charge < -0.3 is 5.11 Å². The van der Waals surface area contributed by atoms with Gasteiger partial charge in [-0.05, 0) is 50.9 Å². The van der Waals surface area contributed by atoms with E-state index in [2.05, 4.69) is 0 Å². The third-order valence-electron chi connectivity index (χ3n) is 6.48. The van der Waals surface area contributed by atoms with E-state index in [0.717, 1.165) is 6.92 Å². The van der Waals surface area contributed by atoms with Crippen LogP contribution in [0.5, 0.6) is 0 Å². The summed E-state index contributed by atoms with van der Waals surface area (Å²) in [6.45, 7) is 4.72. The number of carboxylic acids is 1. The van der Waals surface area contributed by atoms with Gasteiger partial charge in [0.05, 0.1) is 0 Å². The average Bonchev–Trinajstić information content (AvgIpc) is 2.91. The first-order chi connectivity index (χ1) is 13.9. The van der Waals surface area contributed by atoms with Crippen molar-refractivity contribution in [3.05, 3.63) is 12.2 Å². The Kier molecular flexibility index (Phi) is 10.2. The number of allylic oxidation sites excluding steroid dienone is 2. The SMILES string of the molecule is CCCC[C@](C)(C(=O)CC[C@H]1[C@H](C)CC(=O)[C@@H]1C/C=C\CCCC(=O)O)C(F)(F)F. The second-order valence-corrected chi connectivity index (χ2v) is 8.81. The molecule has 30 heavy (non-hydrogen) atoms. The number of alkyl halides is 3. The molecule has 1 aliphatic carbocycles. The number of hydrogen-bond acceptors (Lipinski definition) is 3. The van der Waals surface area contributed by atoms with E-state index >= 15 is 0 Å². The van der Waals surface area contributed by atoms with Gasteiger partial charge in [-0.1, -0.05) is 38.8 Å². The van der Waals surface area contributed by atoms with Gasteiger partial charge in [0.15, 0.2) is 0 Å². The second-order valence-electron chi connectivity index (χ2n) is 8.81. The molecule has 0 aromatic heterocycles. The Morgan fingerprint density at radius 1 is 1.17 bits per heavy atom. The number of halogens is 3. The Balaban J connectivity index is 2.71. The van der Waals surface area contributed by atoms with Crippen molar-refractivity contribution in [2.24, 2.45) is 23.2 Å². The minimum Gasteiger partial charge on any atom is -0.481 e. The van der Waals surface area contributed by atoms with Crippen molar-refractivity contribution in [2.75, 3.05) is 0 Å². The zero-order chi connectivity index (χ0) is 22.9. The van der Waals surface area contributed by atoms with Crippen molar-refractivity contribution >= 4 is 17.5 Å². The third-order valence-corrected chi connectivity index (χ3v) is 6.48. The van der Waals surface area contributed by atoms with Crippen LogP contribution in [-0.2, 0) is 14.4 Å². The number of Topliss-reactive ketones (excluding diaryl/α,β-unsaturated/α-hetero) is 2. The molecule has 1 N–H and O–H groups in total. The molecule has 1 rings (SSSR count). The van der Waals surface area contributed by atoms with E-state index in [9.17, 15) is 27.6 Å². The minimum absolute atomic E-state index is 0.0449. The quantitative estimate of drug-likeness (QED) is 0.280. The number of rotatable bonds is 13. The lowest BCUT2D eigenvalue weighted by Gasteiger charge is -2.31. The molecule has 0 unspecified atom stereocenters. The number of carbonyl (C=O) groups excluding carboxylic acids is 2. The zero-order valence-corrected chi connectivity index (χ0v) is 18.3. The Hall–Kier alpha value is -1.66. The van der Waals surface area contributed by atoms with Crippen molar-refractivity contribution in [3.8, 4) is 0 Å². The molecular weight excluding hydrogens is 397 g/mol. The molecule has 0 bridgehead atoms. The van der Waals surface area contributed by atoms with Crippen molar-refractivity contribution in [1.82, 2.24) is 0 Å². The summed E-state index contributed by atoms with van der Waals surface area (Å²) in [5.74, 6) is -1.87. The fourth-order valence-electron chi connectivity index (χ4n) is 4.32. The summed E-state index contributed by atoms with van der Waals surface area (Å²) < 4.78 is 40.8. The van der Waals surface area contributed by atoms with Crippen molar-refractivity contribution in [1.29, 1.82) is 0 Å². The summed E-state index contributed by atoms with van der Waals surface area (Å²) in [6, 6.07) is 0. The van der Waals surface area contributed by atoms with Crippen molar-refractivity contribution in [3.63, 3.8) is 0 Å². The Morgan fingerprint density at radius 2 is 1.83 bits per heavy atom. The Labute approximate surface area is 177 Å². The maximum absolute atomic E-state index is 13.6. The molecule has 172 valence electrons. The lowest BCUT2D eigenvalue weighted by Crippen LogP contribution is -2.42. The average molecular weight is 433 g/mol. The predicted octanol–water partition coefficient (Wildman–Crippen LogP) is 6.14. The molecule has 4 nitrogen and oxygen atoms in total. The summed E-state index contributed by atoms with van der Waals surface area (Å²) in [7, 11) is 0. The molecule has 1 saturated carbocycles. The minimum atomic E-state index is -4.57. The van der Waals surface area contributed by atoms with Gasteiger partial charge in [-0.2, -0.15) is 13.2 Å². The second kappa shape index (κ2) is 11.7. The van der Waals surface area contributed by atoms with Crippen LogP contribution in [0.3, 0.4) is 0 Å². The van der Waals surface area contributed by atoms with Crippen LogP contribution in [0.2, 0.25) is 0 Å². The molecule has 0 aliphatic heterocycles. The highest BCUT2D eigenvalue weighted by Crippen LogP contribution is 2.45. The monoisotopic (exact) mass is 432 g/mol. The van der Waals surface area contributed by atoms with E-state index < -0.39 is 23.3 Å². The van der Waals surface area contributed by atoms with Gasteiger partial charge in [-0.25, -0.2) is 0 Å². The van der Waals surface area contributed by atoms with Crippen LogP contribution in [0, 0.1) is 23.2 Å². The van der Waals surface area contributed by atoms with Gasteiger partial charge >= 0.3 is 12.1 Å². The molecule has 7 heteroatoms. The van der Waals surface area contributed by atoms with Gasteiger partial charge in [0.2, 0.25) is 0 Å². The van der Waals surface area contributed by atoms with Crippen LogP contribution >= 0.6 is 0 Å². The van der Waals surface area contributed by atoms with Crippen LogP contribution in [-0.4, -0.2) is 28.8 Å². The first-order valence-electron chi connectivity index (χ1n) is 10.9. The van der Waals surface area contributed by atoms with Crippen molar-refractivity contribution in [2.45, 2.75) is 91.2 Å². The predicted molar refractivity (Wildman–Crippen MR) is 109 cm³/mol. The van der Waals surface area contributed by atoms with E-state index in [1.807, 2.05) is 19.1 Å². The van der Waals surface area contributed by atoms with E-state index in [1.165, 1.54) is 0 Å². The van der Waals surface area contributed by atoms with E-state index in [4.69, 9.17) is 5.11 Å². The van der Waals surface area contributed by atoms with Crippen LogP contribution in [0.15, 0.2) is 12.2 Å². The summed E-state index contributed by atoms with van der Waals surface area (Å²) in [5, 5.41) is 8.63. The van der Waals surface area contributed by atoms with E-state index in [1.54, 1.807) is 6.92 Å². The van der Waals surface area contributed by atoms with E-state index in [-0.39, 0.29) is 42.8 Å². The molecule has 0 amide bonds. The maximum atomic E-state index is 13.6. The normalized spacial score (nSPS) is 24.3. The van der Waals surface area contributed by atoms with Gasteiger partial charge in [0.1, 0.15) is 17.0 Å². The number of carbonyl (C=O) groups is 3.